The molecular formula is C19H18ClN3O6. The maximum Gasteiger partial charge on any atom is 0.311 e. The highest BCUT2D eigenvalue weighted by atomic mass is 35.5. The van der Waals surface area contributed by atoms with Crippen molar-refractivity contribution in [1.82, 2.24) is 15.8 Å². The Morgan fingerprint density at radius 2 is 1.97 bits per heavy atom. The molecule has 1 aliphatic rings. The highest BCUT2D eigenvalue weighted by Crippen LogP contribution is 2.21. The van der Waals surface area contributed by atoms with Crippen LogP contribution >= 0.6 is 11.6 Å². The topological polar surface area (TPSA) is 118 Å². The quantitative estimate of drug-likeness (QED) is 0.538. The number of likely N-dealkylation sites (tertiary alicyclic amines) is 1. The number of carbonyl (C=O) groups excluding carboxylic acids is 4. The van der Waals surface area contributed by atoms with Gasteiger partial charge in [0.15, 0.2) is 6.61 Å². The molecule has 3 amide bonds. The van der Waals surface area contributed by atoms with Crippen molar-refractivity contribution in [3.05, 3.63) is 59.0 Å². The smallest absolute Gasteiger partial charge is 0.311 e. The van der Waals surface area contributed by atoms with Crippen LogP contribution in [0.2, 0.25) is 5.02 Å². The van der Waals surface area contributed by atoms with Crippen molar-refractivity contribution in [2.75, 3.05) is 13.2 Å². The van der Waals surface area contributed by atoms with Gasteiger partial charge in [-0.3, -0.25) is 30.0 Å². The minimum atomic E-state index is -0.726. The number of hydrazine groups is 1. The molecule has 1 atom stereocenters. The second-order valence-electron chi connectivity index (χ2n) is 6.34. The molecule has 0 bridgehead atoms. The Morgan fingerprint density at radius 1 is 1.17 bits per heavy atom. The molecule has 1 fully saturated rings. The zero-order valence-corrected chi connectivity index (χ0v) is 16.0. The minimum absolute atomic E-state index is 0.00437. The number of halogens is 1. The molecule has 2 heterocycles. The number of furan rings is 1. The average molecular weight is 420 g/mol. The van der Waals surface area contributed by atoms with Crippen LogP contribution in [-0.2, 0) is 25.7 Å². The molecule has 1 aromatic heterocycles. The van der Waals surface area contributed by atoms with Crippen molar-refractivity contribution in [2.24, 2.45) is 5.92 Å². The van der Waals surface area contributed by atoms with Crippen LogP contribution in [0.3, 0.4) is 0 Å². The third-order valence-electron chi connectivity index (χ3n) is 4.25. The zero-order valence-electron chi connectivity index (χ0n) is 15.2. The Morgan fingerprint density at radius 3 is 2.69 bits per heavy atom. The number of hydrogen-bond donors (Lipinski definition) is 2. The first-order chi connectivity index (χ1) is 13.9. The van der Waals surface area contributed by atoms with Crippen LogP contribution in [0.4, 0.5) is 0 Å². The summed E-state index contributed by atoms with van der Waals surface area (Å²) in [5, 5.41) is 0.232. The van der Waals surface area contributed by atoms with Gasteiger partial charge in [0.05, 0.1) is 29.3 Å². The standard InChI is InChI=1S/C19H18ClN3O6/c20-15-6-2-1-5-14(15)18(26)22-21-16(24)11-29-19(27)12-8-17(25)23(9-12)10-13-4-3-7-28-13/h1-7,12H,8-11H2,(H,21,24)(H,22,26)/t12-/m1/s1. The van der Waals surface area contributed by atoms with E-state index < -0.39 is 30.3 Å². The summed E-state index contributed by atoms with van der Waals surface area (Å²) in [6, 6.07) is 9.78. The van der Waals surface area contributed by atoms with Gasteiger partial charge < -0.3 is 14.1 Å². The fourth-order valence-electron chi connectivity index (χ4n) is 2.80. The summed E-state index contributed by atoms with van der Waals surface area (Å²) in [4.78, 5) is 49.4. The third-order valence-corrected chi connectivity index (χ3v) is 4.58. The number of amides is 3. The van der Waals surface area contributed by atoms with Crippen LogP contribution < -0.4 is 10.9 Å². The van der Waals surface area contributed by atoms with Gasteiger partial charge in [-0.05, 0) is 24.3 Å². The van der Waals surface area contributed by atoms with Gasteiger partial charge in [0.25, 0.3) is 11.8 Å². The zero-order chi connectivity index (χ0) is 20.8. The maximum atomic E-state index is 12.1. The van der Waals surface area contributed by atoms with Gasteiger partial charge in [0.2, 0.25) is 5.91 Å². The molecule has 0 aliphatic carbocycles. The number of rotatable bonds is 6. The lowest BCUT2D eigenvalue weighted by Gasteiger charge is -2.14. The number of esters is 1. The van der Waals surface area contributed by atoms with E-state index in [-0.39, 0.29) is 36.0 Å². The van der Waals surface area contributed by atoms with Gasteiger partial charge in [0.1, 0.15) is 5.76 Å². The molecule has 2 N–H and O–H groups in total. The predicted molar refractivity (Wildman–Crippen MR) is 100 cm³/mol. The fraction of sp³-hybridized carbons (Fsp3) is 0.263. The number of carbonyl (C=O) groups is 4. The lowest BCUT2D eigenvalue weighted by atomic mass is 10.1. The lowest BCUT2D eigenvalue weighted by molar-refractivity contribution is -0.152. The monoisotopic (exact) mass is 419 g/mol. The van der Waals surface area contributed by atoms with E-state index in [9.17, 15) is 19.2 Å². The van der Waals surface area contributed by atoms with Crippen molar-refractivity contribution in [3.63, 3.8) is 0 Å². The van der Waals surface area contributed by atoms with Crippen molar-refractivity contribution in [2.45, 2.75) is 13.0 Å². The molecule has 1 aromatic carbocycles. The van der Waals surface area contributed by atoms with Gasteiger partial charge >= 0.3 is 5.97 Å². The number of benzene rings is 1. The Labute approximate surface area is 170 Å². The van der Waals surface area contributed by atoms with E-state index in [0.29, 0.717) is 5.76 Å². The van der Waals surface area contributed by atoms with E-state index in [1.807, 2.05) is 0 Å². The molecule has 3 rings (SSSR count). The molecule has 10 heteroatoms. The normalized spacial score (nSPS) is 15.8. The Balaban J connectivity index is 1.41. The van der Waals surface area contributed by atoms with Crippen molar-refractivity contribution in [3.8, 4) is 0 Å². The lowest BCUT2D eigenvalue weighted by Crippen LogP contribution is -2.44. The van der Waals surface area contributed by atoms with Crippen LogP contribution in [0.15, 0.2) is 47.1 Å². The number of ether oxygens (including phenoxy) is 1. The van der Waals surface area contributed by atoms with Crippen LogP contribution in [-0.4, -0.2) is 41.7 Å². The third kappa shape index (κ3) is 5.35. The highest BCUT2D eigenvalue weighted by molar-refractivity contribution is 6.33. The highest BCUT2D eigenvalue weighted by Gasteiger charge is 2.35. The van der Waals surface area contributed by atoms with Crippen molar-refractivity contribution < 1.29 is 28.3 Å². The molecule has 9 nitrogen and oxygen atoms in total. The molecule has 1 saturated heterocycles. The molecule has 0 saturated carbocycles. The second kappa shape index (κ2) is 9.24. The minimum Gasteiger partial charge on any atom is -0.467 e. The summed E-state index contributed by atoms with van der Waals surface area (Å²) in [5.74, 6) is -2.24. The van der Waals surface area contributed by atoms with Crippen LogP contribution in [0.5, 0.6) is 0 Å². The van der Waals surface area contributed by atoms with Crippen LogP contribution in [0.1, 0.15) is 22.5 Å². The summed E-state index contributed by atoms with van der Waals surface area (Å²) >= 11 is 5.90. The number of hydrogen-bond acceptors (Lipinski definition) is 6. The first kappa shape index (κ1) is 20.4. The van der Waals surface area contributed by atoms with Crippen molar-refractivity contribution >= 4 is 35.3 Å². The van der Waals surface area contributed by atoms with Gasteiger partial charge in [-0.15, -0.1) is 0 Å². The molecule has 29 heavy (non-hydrogen) atoms. The van der Waals surface area contributed by atoms with Gasteiger partial charge in [0, 0.05) is 13.0 Å². The van der Waals surface area contributed by atoms with E-state index in [0.717, 1.165) is 0 Å². The van der Waals surface area contributed by atoms with E-state index >= 15 is 0 Å². The predicted octanol–water partition coefficient (Wildman–Crippen LogP) is 1.29. The number of nitrogens with one attached hydrogen (secondary N) is 2. The molecule has 0 radical (unpaired) electrons. The molecule has 2 aromatic rings. The van der Waals surface area contributed by atoms with Gasteiger partial charge in [-0.2, -0.15) is 0 Å². The Kier molecular flexibility index (Phi) is 6.50. The summed E-state index contributed by atoms with van der Waals surface area (Å²) in [6.45, 7) is -0.141. The molecule has 0 unspecified atom stereocenters. The molecule has 1 aliphatic heterocycles. The fourth-order valence-corrected chi connectivity index (χ4v) is 3.02. The SMILES string of the molecule is O=C(COC(=O)[C@@H]1CC(=O)N(Cc2ccco2)C1)NNC(=O)c1ccccc1Cl. The first-order valence-corrected chi connectivity index (χ1v) is 9.12. The average Bonchev–Trinajstić information content (AvgIpc) is 3.35. The summed E-state index contributed by atoms with van der Waals surface area (Å²) in [6.07, 6.45) is 1.51. The Hall–Kier alpha value is -3.33. The van der Waals surface area contributed by atoms with E-state index in [2.05, 4.69) is 10.9 Å². The largest absolute Gasteiger partial charge is 0.467 e. The van der Waals surface area contributed by atoms with Crippen molar-refractivity contribution in [1.29, 1.82) is 0 Å². The summed E-state index contributed by atoms with van der Waals surface area (Å²) < 4.78 is 10.1. The van der Waals surface area contributed by atoms with Crippen LogP contribution in [0, 0.1) is 5.92 Å². The molecule has 152 valence electrons. The Bertz CT molecular complexity index is 914. The summed E-state index contributed by atoms with van der Waals surface area (Å²) in [5.41, 5.74) is 4.51. The molecule has 0 spiro atoms. The number of nitrogens with zero attached hydrogens (tertiary/aromatic N) is 1. The van der Waals surface area contributed by atoms with Gasteiger partial charge in [-0.1, -0.05) is 23.7 Å². The first-order valence-electron chi connectivity index (χ1n) is 8.74. The second-order valence-corrected chi connectivity index (χ2v) is 6.75. The molecular weight excluding hydrogens is 402 g/mol. The van der Waals surface area contributed by atoms with E-state index in [1.165, 1.54) is 23.3 Å². The summed E-state index contributed by atoms with van der Waals surface area (Å²) in [7, 11) is 0. The van der Waals surface area contributed by atoms with Gasteiger partial charge in [-0.25, -0.2) is 0 Å². The van der Waals surface area contributed by atoms with E-state index in [4.69, 9.17) is 20.8 Å². The van der Waals surface area contributed by atoms with Crippen LogP contribution in [0.25, 0.3) is 0 Å². The van der Waals surface area contributed by atoms with E-state index in [1.54, 1.807) is 24.3 Å². The maximum absolute atomic E-state index is 12.1.